The molecule has 0 spiro atoms. The number of nitrogens with zero attached hydrogens (tertiary/aromatic N) is 1. The smallest absolute Gasteiger partial charge is 0.0792 e. The van der Waals surface area contributed by atoms with Gasteiger partial charge in [-0.15, -0.1) is 0 Å². The van der Waals surface area contributed by atoms with Crippen molar-refractivity contribution in [3.63, 3.8) is 0 Å². The number of aromatic nitrogens is 2. The molecule has 0 aliphatic heterocycles. The van der Waals surface area contributed by atoms with Crippen LogP contribution in [-0.4, -0.2) is 10.2 Å². The van der Waals surface area contributed by atoms with Gasteiger partial charge in [-0.25, -0.2) is 0 Å². The summed E-state index contributed by atoms with van der Waals surface area (Å²) < 4.78 is 1.00. The molecular weight excluding hydrogens is 240 g/mol. The minimum atomic E-state index is 1.00. The van der Waals surface area contributed by atoms with Crippen molar-refractivity contribution in [1.82, 2.24) is 10.2 Å². The van der Waals surface area contributed by atoms with E-state index < -0.39 is 0 Å². The van der Waals surface area contributed by atoms with E-state index in [2.05, 4.69) is 58.2 Å². The van der Waals surface area contributed by atoms with Gasteiger partial charge in [-0.05, 0) is 47.0 Å². The lowest BCUT2D eigenvalue weighted by Crippen LogP contribution is -1.84. The summed E-state index contributed by atoms with van der Waals surface area (Å²) in [6, 6.07) is 6.38. The summed E-state index contributed by atoms with van der Waals surface area (Å²) in [6.45, 7) is 4.23. The van der Waals surface area contributed by atoms with E-state index >= 15 is 0 Å². The van der Waals surface area contributed by atoms with Crippen LogP contribution >= 0.6 is 15.9 Å². The first-order valence-electron chi connectivity index (χ1n) is 4.45. The average molecular weight is 251 g/mol. The molecule has 14 heavy (non-hydrogen) atoms. The Bertz CT molecular complexity index is 460. The van der Waals surface area contributed by atoms with Crippen LogP contribution in [0.15, 0.2) is 28.9 Å². The third-order valence-corrected chi connectivity index (χ3v) is 2.99. The second-order valence-corrected chi connectivity index (χ2v) is 4.25. The number of halogens is 1. The topological polar surface area (TPSA) is 28.7 Å². The maximum atomic E-state index is 3.98. The Labute approximate surface area is 91.5 Å². The second-order valence-electron chi connectivity index (χ2n) is 3.39. The molecule has 2 aromatic rings. The number of nitrogens with one attached hydrogen (secondary N) is 1. The summed E-state index contributed by atoms with van der Waals surface area (Å²) in [4.78, 5) is 0. The highest BCUT2D eigenvalue weighted by Crippen LogP contribution is 2.26. The van der Waals surface area contributed by atoms with Gasteiger partial charge in [0.05, 0.1) is 16.4 Å². The SMILES string of the molecule is Cc1ccc(-c2[nH]ncc2Br)cc1C. The van der Waals surface area contributed by atoms with Crippen molar-refractivity contribution in [2.45, 2.75) is 13.8 Å². The van der Waals surface area contributed by atoms with Crippen LogP contribution < -0.4 is 0 Å². The molecule has 0 saturated carbocycles. The molecule has 1 N–H and O–H groups in total. The quantitative estimate of drug-likeness (QED) is 0.826. The monoisotopic (exact) mass is 250 g/mol. The van der Waals surface area contributed by atoms with Crippen LogP contribution in [0.1, 0.15) is 11.1 Å². The summed E-state index contributed by atoms with van der Waals surface area (Å²) in [5.41, 5.74) is 4.80. The fourth-order valence-electron chi connectivity index (χ4n) is 1.37. The van der Waals surface area contributed by atoms with E-state index in [9.17, 15) is 0 Å². The van der Waals surface area contributed by atoms with E-state index in [0.29, 0.717) is 0 Å². The van der Waals surface area contributed by atoms with E-state index in [0.717, 1.165) is 15.7 Å². The number of rotatable bonds is 1. The summed E-state index contributed by atoms with van der Waals surface area (Å²) in [5.74, 6) is 0. The van der Waals surface area contributed by atoms with Gasteiger partial charge in [0.2, 0.25) is 0 Å². The van der Waals surface area contributed by atoms with E-state index in [1.54, 1.807) is 6.20 Å². The van der Waals surface area contributed by atoms with Crippen molar-refractivity contribution < 1.29 is 0 Å². The van der Waals surface area contributed by atoms with E-state index in [1.165, 1.54) is 11.1 Å². The summed E-state index contributed by atoms with van der Waals surface area (Å²) in [6.07, 6.45) is 1.77. The molecule has 2 rings (SSSR count). The predicted molar refractivity (Wildman–Crippen MR) is 61.2 cm³/mol. The van der Waals surface area contributed by atoms with E-state index in [4.69, 9.17) is 0 Å². The molecule has 2 nitrogen and oxygen atoms in total. The van der Waals surface area contributed by atoms with Gasteiger partial charge in [-0.3, -0.25) is 5.10 Å². The standard InChI is InChI=1S/C11H11BrN2/c1-7-3-4-9(5-8(7)2)11-10(12)6-13-14-11/h3-6H,1-2H3,(H,13,14). The lowest BCUT2D eigenvalue weighted by Gasteiger charge is -2.03. The van der Waals surface area contributed by atoms with Crippen LogP contribution in [0.25, 0.3) is 11.3 Å². The number of hydrogen-bond acceptors (Lipinski definition) is 1. The van der Waals surface area contributed by atoms with Crippen molar-refractivity contribution in [2.24, 2.45) is 0 Å². The first-order valence-corrected chi connectivity index (χ1v) is 5.24. The summed E-state index contributed by atoms with van der Waals surface area (Å²) in [7, 11) is 0. The van der Waals surface area contributed by atoms with Gasteiger partial charge in [0.15, 0.2) is 0 Å². The summed E-state index contributed by atoms with van der Waals surface area (Å²) in [5, 5.41) is 6.95. The molecule has 0 atom stereocenters. The van der Waals surface area contributed by atoms with Crippen LogP contribution in [0.4, 0.5) is 0 Å². The third kappa shape index (κ3) is 1.60. The molecule has 3 heteroatoms. The molecule has 0 bridgehead atoms. The number of H-pyrrole nitrogens is 1. The molecule has 1 aromatic carbocycles. The lowest BCUT2D eigenvalue weighted by atomic mass is 10.0. The van der Waals surface area contributed by atoms with Gasteiger partial charge in [0.25, 0.3) is 0 Å². The van der Waals surface area contributed by atoms with Crippen molar-refractivity contribution in [3.8, 4) is 11.3 Å². The highest BCUT2D eigenvalue weighted by atomic mass is 79.9. The second kappa shape index (κ2) is 3.58. The lowest BCUT2D eigenvalue weighted by molar-refractivity contribution is 1.09. The van der Waals surface area contributed by atoms with Crippen molar-refractivity contribution in [2.75, 3.05) is 0 Å². The molecule has 0 aliphatic rings. The van der Waals surface area contributed by atoms with Crippen LogP contribution in [0.3, 0.4) is 0 Å². The number of aromatic amines is 1. The zero-order valence-corrected chi connectivity index (χ0v) is 9.72. The third-order valence-electron chi connectivity index (χ3n) is 2.39. The molecule has 0 aliphatic carbocycles. The normalized spacial score (nSPS) is 10.5. The van der Waals surface area contributed by atoms with Crippen LogP contribution in [0.5, 0.6) is 0 Å². The van der Waals surface area contributed by atoms with Gasteiger partial charge >= 0.3 is 0 Å². The van der Waals surface area contributed by atoms with Crippen molar-refractivity contribution >= 4 is 15.9 Å². The molecule has 0 amide bonds. The van der Waals surface area contributed by atoms with Crippen LogP contribution in [-0.2, 0) is 0 Å². The first-order chi connectivity index (χ1) is 6.68. The average Bonchev–Trinajstić information content (AvgIpc) is 2.57. The zero-order valence-electron chi connectivity index (χ0n) is 8.13. The zero-order chi connectivity index (χ0) is 10.1. The minimum Gasteiger partial charge on any atom is -0.277 e. The van der Waals surface area contributed by atoms with Gasteiger partial charge < -0.3 is 0 Å². The maximum Gasteiger partial charge on any atom is 0.0792 e. The van der Waals surface area contributed by atoms with Crippen LogP contribution in [0.2, 0.25) is 0 Å². The van der Waals surface area contributed by atoms with E-state index in [1.807, 2.05) is 0 Å². The Morgan fingerprint density at radius 1 is 1.21 bits per heavy atom. The van der Waals surface area contributed by atoms with Gasteiger partial charge in [-0.2, -0.15) is 5.10 Å². The number of hydrogen-bond donors (Lipinski definition) is 1. The van der Waals surface area contributed by atoms with Gasteiger partial charge in [-0.1, -0.05) is 12.1 Å². The largest absolute Gasteiger partial charge is 0.277 e. The Kier molecular flexibility index (Phi) is 2.42. The molecule has 1 heterocycles. The van der Waals surface area contributed by atoms with Crippen LogP contribution in [0, 0.1) is 13.8 Å². The first kappa shape index (κ1) is 9.46. The fourth-order valence-corrected chi connectivity index (χ4v) is 1.79. The molecule has 0 unspecified atom stereocenters. The Morgan fingerprint density at radius 3 is 2.57 bits per heavy atom. The molecule has 0 saturated heterocycles. The minimum absolute atomic E-state index is 1.00. The molecule has 72 valence electrons. The van der Waals surface area contributed by atoms with Crippen molar-refractivity contribution in [1.29, 1.82) is 0 Å². The van der Waals surface area contributed by atoms with Gasteiger partial charge in [0, 0.05) is 5.56 Å². The summed E-state index contributed by atoms with van der Waals surface area (Å²) >= 11 is 3.45. The highest BCUT2D eigenvalue weighted by molar-refractivity contribution is 9.10. The molecular formula is C11H11BrN2. The fraction of sp³-hybridized carbons (Fsp3) is 0.182. The van der Waals surface area contributed by atoms with Crippen molar-refractivity contribution in [3.05, 3.63) is 40.0 Å². The predicted octanol–water partition coefficient (Wildman–Crippen LogP) is 3.46. The van der Waals surface area contributed by atoms with Gasteiger partial charge in [0.1, 0.15) is 0 Å². The maximum absolute atomic E-state index is 3.98. The number of benzene rings is 1. The Balaban J connectivity index is 2.53. The Hall–Kier alpha value is -1.09. The highest BCUT2D eigenvalue weighted by Gasteiger charge is 2.05. The van der Waals surface area contributed by atoms with E-state index in [-0.39, 0.29) is 0 Å². The molecule has 1 aromatic heterocycles. The molecule has 0 fully saturated rings. The Morgan fingerprint density at radius 2 is 2.00 bits per heavy atom. The molecule has 0 radical (unpaired) electrons. The number of aryl methyl sites for hydroxylation is 2.